The van der Waals surface area contributed by atoms with Gasteiger partial charge >= 0.3 is 0 Å². The molecule has 2 aromatic rings. The fourth-order valence-corrected chi connectivity index (χ4v) is 5.23. The van der Waals surface area contributed by atoms with Gasteiger partial charge in [0.15, 0.2) is 0 Å². The molecule has 184 valence electrons. The summed E-state index contributed by atoms with van der Waals surface area (Å²) in [6, 6.07) is 9.63. The summed E-state index contributed by atoms with van der Waals surface area (Å²) in [5.74, 6) is 0.235. The van der Waals surface area contributed by atoms with Crippen molar-refractivity contribution >= 4 is 27.3 Å². The van der Waals surface area contributed by atoms with Crippen LogP contribution in [0.1, 0.15) is 49.4 Å². The summed E-state index contributed by atoms with van der Waals surface area (Å²) in [6.45, 7) is 2.78. The van der Waals surface area contributed by atoms with Crippen LogP contribution in [0.5, 0.6) is 5.75 Å². The van der Waals surface area contributed by atoms with Gasteiger partial charge in [0, 0.05) is 30.8 Å². The maximum absolute atomic E-state index is 12.8. The van der Waals surface area contributed by atoms with E-state index in [4.69, 9.17) is 0 Å². The molecular formula is C23H30N4O6S. The van der Waals surface area contributed by atoms with Crippen LogP contribution in [0.2, 0.25) is 0 Å². The van der Waals surface area contributed by atoms with E-state index in [-0.39, 0.29) is 34.0 Å². The second kappa shape index (κ2) is 11.3. The van der Waals surface area contributed by atoms with E-state index >= 15 is 0 Å². The molecule has 1 aliphatic rings. The fourth-order valence-electron chi connectivity index (χ4n) is 3.91. The molecule has 0 spiro atoms. The van der Waals surface area contributed by atoms with Gasteiger partial charge < -0.3 is 15.7 Å². The first-order valence-electron chi connectivity index (χ1n) is 11.3. The highest BCUT2D eigenvalue weighted by Gasteiger charge is 2.26. The topological polar surface area (TPSA) is 151 Å². The summed E-state index contributed by atoms with van der Waals surface area (Å²) >= 11 is 0. The number of sulfonamides is 1. The first-order chi connectivity index (χ1) is 16.2. The van der Waals surface area contributed by atoms with Crippen molar-refractivity contribution in [1.29, 1.82) is 0 Å². The number of nitro groups is 1. The Morgan fingerprint density at radius 1 is 1.12 bits per heavy atom. The molecule has 1 fully saturated rings. The van der Waals surface area contributed by atoms with Crippen molar-refractivity contribution in [1.82, 2.24) is 10.0 Å². The maximum Gasteiger partial charge on any atom is 0.293 e. The third kappa shape index (κ3) is 6.91. The van der Waals surface area contributed by atoms with E-state index in [1.165, 1.54) is 24.3 Å². The number of hydrogen-bond acceptors (Lipinski definition) is 7. The van der Waals surface area contributed by atoms with Crippen LogP contribution in [-0.2, 0) is 10.0 Å². The summed E-state index contributed by atoms with van der Waals surface area (Å²) in [6.07, 6.45) is 3.88. The molecule has 0 aliphatic heterocycles. The Labute approximate surface area is 199 Å². The van der Waals surface area contributed by atoms with Gasteiger partial charge in [-0.1, -0.05) is 13.0 Å². The van der Waals surface area contributed by atoms with Gasteiger partial charge in [-0.25, -0.2) is 13.1 Å². The number of nitrogens with one attached hydrogen (secondary N) is 3. The average Bonchev–Trinajstić information content (AvgIpc) is 2.80. The lowest BCUT2D eigenvalue weighted by Crippen LogP contribution is -2.37. The first-order valence-corrected chi connectivity index (χ1v) is 12.8. The number of carbonyl (C=O) groups excluding carboxylic acids is 1. The van der Waals surface area contributed by atoms with E-state index < -0.39 is 14.9 Å². The summed E-state index contributed by atoms with van der Waals surface area (Å²) in [5.41, 5.74) is 0.204. The van der Waals surface area contributed by atoms with Gasteiger partial charge in [-0.2, -0.15) is 0 Å². The molecule has 0 aromatic heterocycles. The van der Waals surface area contributed by atoms with Crippen molar-refractivity contribution < 1.29 is 23.2 Å². The van der Waals surface area contributed by atoms with Crippen molar-refractivity contribution in [3.63, 3.8) is 0 Å². The number of rotatable bonds is 10. The van der Waals surface area contributed by atoms with E-state index in [0.29, 0.717) is 31.0 Å². The smallest absolute Gasteiger partial charge is 0.293 e. The fraction of sp³-hybridized carbons (Fsp3) is 0.435. The molecule has 11 heteroatoms. The van der Waals surface area contributed by atoms with Gasteiger partial charge in [-0.3, -0.25) is 14.9 Å². The lowest BCUT2D eigenvalue weighted by atomic mass is 9.88. The molecule has 4 N–H and O–H groups in total. The van der Waals surface area contributed by atoms with Crippen LogP contribution < -0.4 is 15.4 Å². The lowest BCUT2D eigenvalue weighted by Gasteiger charge is -2.26. The Kier molecular flexibility index (Phi) is 8.46. The molecule has 3 rings (SSSR count). The van der Waals surface area contributed by atoms with Gasteiger partial charge in [0.25, 0.3) is 11.6 Å². The SMILES string of the molecule is CC1CCC(NS(=O)(=O)c2ccc(NCCCNC(=O)c3cccc(O)c3)c([N+](=O)[O-])c2)CC1. The highest BCUT2D eigenvalue weighted by molar-refractivity contribution is 7.89. The van der Waals surface area contributed by atoms with Crippen LogP contribution in [0, 0.1) is 16.0 Å². The standard InChI is InChI=1S/C23H30N4O6S/c1-16-6-8-18(9-7-16)26-34(32,33)20-10-11-21(22(15-20)27(30)31)24-12-3-13-25-23(29)17-4-2-5-19(28)14-17/h2,4-5,10-11,14-16,18,24,26,28H,3,6-9,12-13H2,1H3,(H,25,29). The van der Waals surface area contributed by atoms with Crippen molar-refractivity contribution in [2.45, 2.75) is 50.0 Å². The average molecular weight is 491 g/mol. The normalized spacial score (nSPS) is 18.3. The summed E-state index contributed by atoms with van der Waals surface area (Å²) in [4.78, 5) is 22.9. The quantitative estimate of drug-likeness (QED) is 0.226. The molecule has 0 bridgehead atoms. The van der Waals surface area contributed by atoms with Crippen LogP contribution in [-0.4, -0.2) is 43.5 Å². The van der Waals surface area contributed by atoms with Crippen LogP contribution in [0.15, 0.2) is 47.4 Å². The molecule has 1 saturated carbocycles. The third-order valence-corrected chi connectivity index (χ3v) is 7.39. The number of nitro benzene ring substituents is 1. The largest absolute Gasteiger partial charge is 0.508 e. The minimum absolute atomic E-state index is 0.00405. The van der Waals surface area contributed by atoms with Crippen molar-refractivity contribution in [2.24, 2.45) is 5.92 Å². The summed E-state index contributed by atoms with van der Waals surface area (Å²) < 4.78 is 28.2. The van der Waals surface area contributed by atoms with Gasteiger partial charge in [0.05, 0.1) is 9.82 Å². The third-order valence-electron chi connectivity index (χ3n) is 5.88. The number of benzene rings is 2. The highest BCUT2D eigenvalue weighted by Crippen LogP contribution is 2.29. The molecular weight excluding hydrogens is 460 g/mol. The Bertz CT molecular complexity index is 1130. The predicted octanol–water partition coefficient (Wildman–Crippen LogP) is 3.39. The summed E-state index contributed by atoms with van der Waals surface area (Å²) in [5, 5.41) is 26.6. The molecule has 10 nitrogen and oxygen atoms in total. The molecule has 0 atom stereocenters. The number of phenolic OH excluding ortho intramolecular Hbond substituents is 1. The predicted molar refractivity (Wildman–Crippen MR) is 128 cm³/mol. The van der Waals surface area contributed by atoms with E-state index in [1.807, 2.05) is 0 Å². The second-order valence-electron chi connectivity index (χ2n) is 8.60. The van der Waals surface area contributed by atoms with E-state index in [2.05, 4.69) is 22.3 Å². The number of nitrogens with zero attached hydrogens (tertiary/aromatic N) is 1. The molecule has 0 heterocycles. The molecule has 1 aliphatic carbocycles. The zero-order valence-electron chi connectivity index (χ0n) is 19.0. The number of carbonyl (C=O) groups is 1. The zero-order valence-corrected chi connectivity index (χ0v) is 19.8. The maximum atomic E-state index is 12.8. The van der Waals surface area contributed by atoms with Gasteiger partial charge in [-0.15, -0.1) is 0 Å². The van der Waals surface area contributed by atoms with Crippen LogP contribution >= 0.6 is 0 Å². The number of anilines is 1. The molecule has 1 amide bonds. The highest BCUT2D eigenvalue weighted by atomic mass is 32.2. The van der Waals surface area contributed by atoms with Crippen LogP contribution in [0.25, 0.3) is 0 Å². The number of phenols is 1. The molecule has 34 heavy (non-hydrogen) atoms. The zero-order chi connectivity index (χ0) is 24.7. The minimum Gasteiger partial charge on any atom is -0.508 e. The second-order valence-corrected chi connectivity index (χ2v) is 10.3. The number of aromatic hydroxyl groups is 1. The molecule has 0 radical (unpaired) electrons. The molecule has 0 saturated heterocycles. The number of hydrogen-bond donors (Lipinski definition) is 4. The van der Waals surface area contributed by atoms with Crippen LogP contribution in [0.3, 0.4) is 0 Å². The summed E-state index contributed by atoms with van der Waals surface area (Å²) in [7, 11) is -3.87. The lowest BCUT2D eigenvalue weighted by molar-refractivity contribution is -0.384. The van der Waals surface area contributed by atoms with E-state index in [1.54, 1.807) is 12.1 Å². The van der Waals surface area contributed by atoms with Crippen molar-refractivity contribution in [2.75, 3.05) is 18.4 Å². The molecule has 0 unspecified atom stereocenters. The van der Waals surface area contributed by atoms with E-state index in [9.17, 15) is 28.4 Å². The first kappa shape index (κ1) is 25.4. The Morgan fingerprint density at radius 2 is 1.85 bits per heavy atom. The van der Waals surface area contributed by atoms with Crippen LogP contribution in [0.4, 0.5) is 11.4 Å². The van der Waals surface area contributed by atoms with E-state index in [0.717, 1.165) is 31.7 Å². The van der Waals surface area contributed by atoms with Gasteiger partial charge in [-0.05, 0) is 68.4 Å². The monoisotopic (exact) mass is 490 g/mol. The number of amides is 1. The van der Waals surface area contributed by atoms with Gasteiger partial charge in [0.2, 0.25) is 10.0 Å². The van der Waals surface area contributed by atoms with Gasteiger partial charge in [0.1, 0.15) is 11.4 Å². The molecule has 2 aromatic carbocycles. The van der Waals surface area contributed by atoms with Crippen molar-refractivity contribution in [3.8, 4) is 5.75 Å². The Balaban J connectivity index is 1.55. The Hall–Kier alpha value is -3.18. The van der Waals surface area contributed by atoms with Crippen molar-refractivity contribution in [3.05, 3.63) is 58.1 Å². The minimum atomic E-state index is -3.87. The Morgan fingerprint density at radius 3 is 2.53 bits per heavy atom.